The zero-order chi connectivity index (χ0) is 22.0. The SMILES string of the molecule is C=CCn1c(SC(C)c2nnc(-c3ccc(OC)cc3)o2)nnc1C1CCS(=O)(=O)C1. The molecule has 2 unspecified atom stereocenters. The smallest absolute Gasteiger partial charge is 0.247 e. The van der Waals surface area contributed by atoms with Gasteiger partial charge in [-0.3, -0.25) is 0 Å². The highest BCUT2D eigenvalue weighted by atomic mass is 32.2. The van der Waals surface area contributed by atoms with Crippen molar-refractivity contribution in [3.8, 4) is 17.2 Å². The Bertz CT molecular complexity index is 1170. The minimum atomic E-state index is -3.02. The molecule has 164 valence electrons. The van der Waals surface area contributed by atoms with E-state index in [-0.39, 0.29) is 22.7 Å². The minimum absolute atomic E-state index is 0.109. The number of benzene rings is 1. The molecule has 11 heteroatoms. The summed E-state index contributed by atoms with van der Waals surface area (Å²) in [4.78, 5) is 0. The van der Waals surface area contributed by atoms with Gasteiger partial charge in [0, 0.05) is 18.0 Å². The van der Waals surface area contributed by atoms with E-state index in [0.29, 0.717) is 35.7 Å². The van der Waals surface area contributed by atoms with Gasteiger partial charge >= 0.3 is 0 Å². The van der Waals surface area contributed by atoms with Crippen LogP contribution in [0.2, 0.25) is 0 Å². The van der Waals surface area contributed by atoms with Gasteiger partial charge in [-0.1, -0.05) is 17.8 Å². The Kier molecular flexibility index (Phi) is 6.15. The lowest BCUT2D eigenvalue weighted by molar-refractivity contribution is 0.415. The Morgan fingerprint density at radius 3 is 2.71 bits per heavy atom. The zero-order valence-electron chi connectivity index (χ0n) is 17.3. The Labute approximate surface area is 184 Å². The van der Waals surface area contributed by atoms with Crippen LogP contribution < -0.4 is 4.74 Å². The van der Waals surface area contributed by atoms with Crippen LogP contribution in [0.15, 0.2) is 46.5 Å². The first-order valence-corrected chi connectivity index (χ1v) is 12.5. The lowest BCUT2D eigenvalue weighted by Crippen LogP contribution is -2.11. The number of thioether (sulfide) groups is 1. The predicted molar refractivity (Wildman–Crippen MR) is 117 cm³/mol. The maximum Gasteiger partial charge on any atom is 0.247 e. The standard InChI is InChI=1S/C20H23N5O4S2/c1-4-10-25-17(15-9-11-31(26,27)12-15)21-24-20(25)30-13(2)18-22-23-19(29-18)14-5-7-16(28-3)8-6-14/h4-8,13,15H,1,9-12H2,2-3H3. The first kappa shape index (κ1) is 21.6. The maximum absolute atomic E-state index is 11.9. The number of nitrogens with zero attached hydrogens (tertiary/aromatic N) is 5. The molecule has 31 heavy (non-hydrogen) atoms. The van der Waals surface area contributed by atoms with E-state index in [9.17, 15) is 8.42 Å². The highest BCUT2D eigenvalue weighted by Crippen LogP contribution is 2.37. The molecular weight excluding hydrogens is 438 g/mol. The molecule has 1 aliphatic rings. The molecule has 2 aromatic heterocycles. The van der Waals surface area contributed by atoms with E-state index >= 15 is 0 Å². The largest absolute Gasteiger partial charge is 0.497 e. The van der Waals surface area contributed by atoms with Crippen LogP contribution in [0, 0.1) is 0 Å². The van der Waals surface area contributed by atoms with Crippen molar-refractivity contribution >= 4 is 21.6 Å². The Morgan fingerprint density at radius 2 is 2.06 bits per heavy atom. The quantitative estimate of drug-likeness (QED) is 0.368. The monoisotopic (exact) mass is 461 g/mol. The van der Waals surface area contributed by atoms with E-state index in [1.54, 1.807) is 13.2 Å². The van der Waals surface area contributed by atoms with Crippen molar-refractivity contribution in [2.45, 2.75) is 36.2 Å². The van der Waals surface area contributed by atoms with Gasteiger partial charge < -0.3 is 13.7 Å². The lowest BCUT2D eigenvalue weighted by Gasteiger charge is -2.12. The lowest BCUT2D eigenvalue weighted by atomic mass is 10.1. The van der Waals surface area contributed by atoms with Crippen LogP contribution in [-0.4, -0.2) is 52.0 Å². The van der Waals surface area contributed by atoms with Crippen LogP contribution in [0.4, 0.5) is 0 Å². The van der Waals surface area contributed by atoms with E-state index in [4.69, 9.17) is 9.15 Å². The number of ether oxygens (including phenoxy) is 1. The summed E-state index contributed by atoms with van der Waals surface area (Å²) in [6, 6.07) is 7.38. The van der Waals surface area contributed by atoms with Gasteiger partial charge in [0.2, 0.25) is 11.8 Å². The van der Waals surface area contributed by atoms with Crippen LogP contribution in [0.25, 0.3) is 11.5 Å². The van der Waals surface area contributed by atoms with Crippen LogP contribution in [0.1, 0.15) is 36.2 Å². The summed E-state index contributed by atoms with van der Waals surface area (Å²) in [5.41, 5.74) is 0.802. The first-order chi connectivity index (χ1) is 14.9. The van der Waals surface area contributed by atoms with Crippen LogP contribution >= 0.6 is 11.8 Å². The summed E-state index contributed by atoms with van der Waals surface area (Å²) in [7, 11) is -1.40. The van der Waals surface area contributed by atoms with E-state index in [1.807, 2.05) is 35.8 Å². The molecule has 3 aromatic rings. The highest BCUT2D eigenvalue weighted by molar-refractivity contribution is 7.99. The number of rotatable bonds is 8. The molecule has 0 amide bonds. The van der Waals surface area contributed by atoms with Crippen molar-refractivity contribution in [2.75, 3.05) is 18.6 Å². The number of aromatic nitrogens is 5. The average Bonchev–Trinajstić information content (AvgIpc) is 3.48. The van der Waals surface area contributed by atoms with Crippen LogP contribution in [0.3, 0.4) is 0 Å². The predicted octanol–water partition coefficient (Wildman–Crippen LogP) is 3.28. The third-order valence-electron chi connectivity index (χ3n) is 5.06. The molecule has 0 spiro atoms. The minimum Gasteiger partial charge on any atom is -0.497 e. The summed E-state index contributed by atoms with van der Waals surface area (Å²) in [6.45, 7) is 6.25. The maximum atomic E-state index is 11.9. The third kappa shape index (κ3) is 4.67. The highest BCUT2D eigenvalue weighted by Gasteiger charge is 2.33. The molecule has 1 aromatic carbocycles. The van der Waals surface area contributed by atoms with Crippen molar-refractivity contribution in [1.82, 2.24) is 25.0 Å². The fourth-order valence-corrected chi connectivity index (χ4v) is 6.08. The van der Waals surface area contributed by atoms with Crippen LogP contribution in [0.5, 0.6) is 5.75 Å². The fourth-order valence-electron chi connectivity index (χ4n) is 3.45. The molecular formula is C20H23N5O4S2. The van der Waals surface area contributed by atoms with Gasteiger partial charge in [-0.25, -0.2) is 8.42 Å². The molecule has 9 nitrogen and oxygen atoms in total. The number of hydrogen-bond acceptors (Lipinski definition) is 9. The molecule has 0 N–H and O–H groups in total. The molecule has 0 radical (unpaired) electrons. The summed E-state index contributed by atoms with van der Waals surface area (Å²) in [5, 5.41) is 17.4. The van der Waals surface area contributed by atoms with Crippen molar-refractivity contribution in [2.24, 2.45) is 0 Å². The molecule has 1 saturated heterocycles. The summed E-state index contributed by atoms with van der Waals surface area (Å²) >= 11 is 1.43. The molecule has 0 saturated carbocycles. The third-order valence-corrected chi connectivity index (χ3v) is 7.90. The summed E-state index contributed by atoms with van der Waals surface area (Å²) < 4.78 is 36.7. The van der Waals surface area contributed by atoms with Gasteiger partial charge in [0.05, 0.1) is 23.9 Å². The van der Waals surface area contributed by atoms with Gasteiger partial charge in [0.15, 0.2) is 15.0 Å². The van der Waals surface area contributed by atoms with Gasteiger partial charge in [-0.05, 0) is 37.6 Å². The second-order valence-electron chi connectivity index (χ2n) is 7.27. The topological polar surface area (TPSA) is 113 Å². The van der Waals surface area contributed by atoms with Gasteiger partial charge in [0.25, 0.3) is 0 Å². The van der Waals surface area contributed by atoms with E-state index in [0.717, 1.165) is 11.3 Å². The van der Waals surface area contributed by atoms with Crippen molar-refractivity contribution in [3.63, 3.8) is 0 Å². The molecule has 2 atom stereocenters. The fraction of sp³-hybridized carbons (Fsp3) is 0.400. The van der Waals surface area contributed by atoms with E-state index in [1.165, 1.54) is 11.8 Å². The normalized spacial score (nSPS) is 18.7. The second-order valence-corrected chi connectivity index (χ2v) is 10.8. The number of methoxy groups -OCH3 is 1. The van der Waals surface area contributed by atoms with Crippen LogP contribution in [-0.2, 0) is 16.4 Å². The van der Waals surface area contributed by atoms with Crippen molar-refractivity contribution in [3.05, 3.63) is 48.6 Å². The average molecular weight is 462 g/mol. The summed E-state index contributed by atoms with van der Waals surface area (Å²) in [5.74, 6) is 2.47. The van der Waals surface area contributed by atoms with Gasteiger partial charge in [0.1, 0.15) is 11.6 Å². The Morgan fingerprint density at radius 1 is 1.29 bits per heavy atom. The van der Waals surface area contributed by atoms with E-state index in [2.05, 4.69) is 27.0 Å². The molecule has 0 aliphatic carbocycles. The second kappa shape index (κ2) is 8.83. The zero-order valence-corrected chi connectivity index (χ0v) is 18.9. The first-order valence-electron chi connectivity index (χ1n) is 9.79. The Balaban J connectivity index is 1.52. The number of allylic oxidation sites excluding steroid dienone is 1. The molecule has 0 bridgehead atoms. The van der Waals surface area contributed by atoms with Gasteiger partial charge in [-0.15, -0.1) is 27.0 Å². The molecule has 3 heterocycles. The molecule has 1 aliphatic heterocycles. The number of sulfone groups is 1. The van der Waals surface area contributed by atoms with Gasteiger partial charge in [-0.2, -0.15) is 0 Å². The van der Waals surface area contributed by atoms with Crippen molar-refractivity contribution in [1.29, 1.82) is 0 Å². The van der Waals surface area contributed by atoms with E-state index < -0.39 is 9.84 Å². The van der Waals surface area contributed by atoms with Crippen molar-refractivity contribution < 1.29 is 17.6 Å². The number of hydrogen-bond donors (Lipinski definition) is 0. The summed E-state index contributed by atoms with van der Waals surface area (Å²) in [6.07, 6.45) is 2.31. The Hall–Kier alpha value is -2.66. The molecule has 1 fully saturated rings. The molecule has 4 rings (SSSR count).